The fraction of sp³-hybridized carbons (Fsp3) is 0.400. The van der Waals surface area contributed by atoms with Gasteiger partial charge in [-0.1, -0.05) is 13.0 Å². The molecule has 0 heterocycles. The molecular formula is C10H15NO2. The molecule has 1 atom stereocenters. The Labute approximate surface area is 77.8 Å². The number of benzene rings is 1. The standard InChI is InChI=1S/C10H15NO2/c1-3-10(2,11)9-7(12)5-4-6-8(9)13/h4-6,12-13H,3,11H2,1-2H3. The van der Waals surface area contributed by atoms with Gasteiger partial charge in [-0.25, -0.2) is 0 Å². The van der Waals surface area contributed by atoms with Crippen LogP contribution in [0.2, 0.25) is 0 Å². The zero-order valence-corrected chi connectivity index (χ0v) is 7.91. The van der Waals surface area contributed by atoms with E-state index >= 15 is 0 Å². The molecule has 72 valence electrons. The van der Waals surface area contributed by atoms with E-state index in [2.05, 4.69) is 0 Å². The Hall–Kier alpha value is -1.22. The van der Waals surface area contributed by atoms with Crippen molar-refractivity contribution in [3.63, 3.8) is 0 Å². The number of rotatable bonds is 2. The Morgan fingerprint density at radius 1 is 1.31 bits per heavy atom. The number of phenols is 2. The van der Waals surface area contributed by atoms with Gasteiger partial charge in [0, 0.05) is 5.54 Å². The molecule has 1 aromatic rings. The highest BCUT2D eigenvalue weighted by atomic mass is 16.3. The first-order chi connectivity index (χ1) is 5.99. The van der Waals surface area contributed by atoms with Crippen LogP contribution in [0.25, 0.3) is 0 Å². The highest BCUT2D eigenvalue weighted by Gasteiger charge is 2.25. The minimum atomic E-state index is -0.685. The van der Waals surface area contributed by atoms with Gasteiger partial charge in [0.2, 0.25) is 0 Å². The number of nitrogens with two attached hydrogens (primary N) is 1. The van der Waals surface area contributed by atoms with Crippen LogP contribution in [-0.2, 0) is 5.54 Å². The first kappa shape index (κ1) is 9.86. The number of hydrogen-bond acceptors (Lipinski definition) is 3. The molecule has 0 spiro atoms. The normalized spacial score (nSPS) is 15.3. The minimum absolute atomic E-state index is 0.0480. The van der Waals surface area contributed by atoms with Crippen LogP contribution in [-0.4, -0.2) is 10.2 Å². The Bertz CT molecular complexity index is 288. The van der Waals surface area contributed by atoms with Gasteiger partial charge in [-0.15, -0.1) is 0 Å². The highest BCUT2D eigenvalue weighted by Crippen LogP contribution is 2.36. The second-order valence-corrected chi connectivity index (χ2v) is 3.44. The van der Waals surface area contributed by atoms with Crippen LogP contribution in [0.5, 0.6) is 11.5 Å². The average Bonchev–Trinajstić information content (AvgIpc) is 2.03. The highest BCUT2D eigenvalue weighted by molar-refractivity contribution is 5.47. The maximum absolute atomic E-state index is 9.52. The lowest BCUT2D eigenvalue weighted by molar-refractivity contribution is 0.384. The third kappa shape index (κ3) is 1.75. The number of phenolic OH excluding ortho intramolecular Hbond substituents is 2. The van der Waals surface area contributed by atoms with Gasteiger partial charge in [0.1, 0.15) is 11.5 Å². The summed E-state index contributed by atoms with van der Waals surface area (Å²) in [7, 11) is 0. The van der Waals surface area contributed by atoms with Crippen molar-refractivity contribution in [1.29, 1.82) is 0 Å². The maximum Gasteiger partial charge on any atom is 0.124 e. The van der Waals surface area contributed by atoms with Gasteiger partial charge in [0.25, 0.3) is 0 Å². The zero-order valence-electron chi connectivity index (χ0n) is 7.91. The molecule has 0 aliphatic rings. The lowest BCUT2D eigenvalue weighted by Gasteiger charge is -2.24. The molecule has 3 heteroatoms. The third-order valence-electron chi connectivity index (χ3n) is 2.33. The monoisotopic (exact) mass is 181 g/mol. The molecule has 0 saturated heterocycles. The second-order valence-electron chi connectivity index (χ2n) is 3.44. The molecule has 3 nitrogen and oxygen atoms in total. The molecule has 0 aromatic heterocycles. The SMILES string of the molecule is CCC(C)(N)c1c(O)cccc1O. The van der Waals surface area contributed by atoms with Gasteiger partial charge in [-0.05, 0) is 25.5 Å². The van der Waals surface area contributed by atoms with Crippen molar-refractivity contribution < 1.29 is 10.2 Å². The molecule has 0 bridgehead atoms. The summed E-state index contributed by atoms with van der Waals surface area (Å²) in [5, 5.41) is 19.0. The van der Waals surface area contributed by atoms with Crippen molar-refractivity contribution in [2.75, 3.05) is 0 Å². The van der Waals surface area contributed by atoms with Crippen LogP contribution in [0.3, 0.4) is 0 Å². The smallest absolute Gasteiger partial charge is 0.124 e. The molecule has 13 heavy (non-hydrogen) atoms. The van der Waals surface area contributed by atoms with E-state index in [1.807, 2.05) is 6.92 Å². The summed E-state index contributed by atoms with van der Waals surface area (Å²) in [4.78, 5) is 0. The minimum Gasteiger partial charge on any atom is -0.507 e. The molecule has 0 fully saturated rings. The van der Waals surface area contributed by atoms with E-state index in [4.69, 9.17) is 5.73 Å². The summed E-state index contributed by atoms with van der Waals surface area (Å²) in [5.74, 6) is 0.0960. The maximum atomic E-state index is 9.52. The zero-order chi connectivity index (χ0) is 10.1. The van der Waals surface area contributed by atoms with Crippen LogP contribution in [0.1, 0.15) is 25.8 Å². The molecule has 0 aliphatic carbocycles. The fourth-order valence-electron chi connectivity index (χ4n) is 1.29. The van der Waals surface area contributed by atoms with Crippen LogP contribution >= 0.6 is 0 Å². The van der Waals surface area contributed by atoms with Crippen molar-refractivity contribution in [3.05, 3.63) is 23.8 Å². The first-order valence-electron chi connectivity index (χ1n) is 4.29. The van der Waals surface area contributed by atoms with E-state index in [0.717, 1.165) is 0 Å². The van der Waals surface area contributed by atoms with Crippen LogP contribution in [0, 0.1) is 0 Å². The number of aromatic hydroxyl groups is 2. The van der Waals surface area contributed by atoms with Gasteiger partial charge in [0.15, 0.2) is 0 Å². The lowest BCUT2D eigenvalue weighted by Crippen LogP contribution is -2.32. The first-order valence-corrected chi connectivity index (χ1v) is 4.29. The largest absolute Gasteiger partial charge is 0.507 e. The summed E-state index contributed by atoms with van der Waals surface area (Å²) in [6, 6.07) is 4.63. The van der Waals surface area contributed by atoms with Gasteiger partial charge in [0.05, 0.1) is 5.56 Å². The lowest BCUT2D eigenvalue weighted by atomic mass is 9.89. The molecule has 1 unspecified atom stereocenters. The molecule has 1 aromatic carbocycles. The van der Waals surface area contributed by atoms with Crippen LogP contribution < -0.4 is 5.73 Å². The van der Waals surface area contributed by atoms with Gasteiger partial charge in [-0.3, -0.25) is 0 Å². The Morgan fingerprint density at radius 3 is 2.15 bits per heavy atom. The summed E-state index contributed by atoms with van der Waals surface area (Å²) in [5.41, 5.74) is 5.65. The third-order valence-corrected chi connectivity index (χ3v) is 2.33. The molecule has 0 radical (unpaired) electrons. The van der Waals surface area contributed by atoms with E-state index in [0.29, 0.717) is 12.0 Å². The predicted octanol–water partition coefficient (Wildman–Crippen LogP) is 1.68. The fourth-order valence-corrected chi connectivity index (χ4v) is 1.29. The second kappa shape index (κ2) is 3.26. The quantitative estimate of drug-likeness (QED) is 0.650. The summed E-state index contributed by atoms with van der Waals surface area (Å²) in [6.45, 7) is 3.69. The molecule has 0 saturated carbocycles. The van der Waals surface area contributed by atoms with Gasteiger partial charge in [-0.2, -0.15) is 0 Å². The number of hydrogen-bond donors (Lipinski definition) is 3. The van der Waals surface area contributed by atoms with Gasteiger partial charge >= 0.3 is 0 Å². The van der Waals surface area contributed by atoms with E-state index < -0.39 is 5.54 Å². The molecule has 0 aliphatic heterocycles. The predicted molar refractivity (Wildman–Crippen MR) is 51.6 cm³/mol. The Kier molecular flexibility index (Phi) is 2.48. The summed E-state index contributed by atoms with van der Waals surface area (Å²) in [6.07, 6.45) is 0.651. The average molecular weight is 181 g/mol. The van der Waals surface area contributed by atoms with E-state index in [1.165, 1.54) is 12.1 Å². The van der Waals surface area contributed by atoms with E-state index in [-0.39, 0.29) is 11.5 Å². The van der Waals surface area contributed by atoms with Crippen molar-refractivity contribution >= 4 is 0 Å². The Morgan fingerprint density at radius 2 is 1.77 bits per heavy atom. The van der Waals surface area contributed by atoms with Crippen molar-refractivity contribution in [3.8, 4) is 11.5 Å². The molecular weight excluding hydrogens is 166 g/mol. The molecule has 1 rings (SSSR count). The van der Waals surface area contributed by atoms with Crippen molar-refractivity contribution in [1.82, 2.24) is 0 Å². The topological polar surface area (TPSA) is 66.5 Å². The molecule has 0 amide bonds. The van der Waals surface area contributed by atoms with E-state index in [1.54, 1.807) is 13.0 Å². The summed E-state index contributed by atoms with van der Waals surface area (Å²) < 4.78 is 0. The molecule has 4 N–H and O–H groups in total. The Balaban J connectivity index is 3.28. The van der Waals surface area contributed by atoms with Crippen LogP contribution in [0.4, 0.5) is 0 Å². The van der Waals surface area contributed by atoms with E-state index in [9.17, 15) is 10.2 Å². The van der Waals surface area contributed by atoms with Gasteiger partial charge < -0.3 is 15.9 Å². The van der Waals surface area contributed by atoms with Crippen molar-refractivity contribution in [2.24, 2.45) is 5.73 Å². The van der Waals surface area contributed by atoms with Crippen LogP contribution in [0.15, 0.2) is 18.2 Å². The van der Waals surface area contributed by atoms with Crippen molar-refractivity contribution in [2.45, 2.75) is 25.8 Å². The summed E-state index contributed by atoms with van der Waals surface area (Å²) >= 11 is 0.